The monoisotopic (exact) mass is 478 g/mol. The van der Waals surface area contributed by atoms with Gasteiger partial charge in [-0.1, -0.05) is 0 Å². The van der Waals surface area contributed by atoms with Crippen LogP contribution in [0.25, 0.3) is 0 Å². The number of nitrogens with one attached hydrogen (secondary N) is 1. The number of carbonyl (C=O) groups excluding carboxylic acids is 2. The molecule has 0 saturated carbocycles. The van der Waals surface area contributed by atoms with E-state index in [0.717, 1.165) is 17.0 Å². The fraction of sp³-hybridized carbons (Fsp3) is 0.375. The SMILES string of the molecule is Cc1cc(NC(=O)c2ccc(F)c(C(F)(F)C(=O)N3[C@@H]4CC[C@H]3CC(C(=O)O)C4)c2)ccc1F. The van der Waals surface area contributed by atoms with Gasteiger partial charge in [0.05, 0.1) is 11.5 Å². The highest BCUT2D eigenvalue weighted by molar-refractivity contribution is 6.04. The molecular formula is C24H22F4N2O4. The van der Waals surface area contributed by atoms with E-state index < -0.39 is 58.9 Å². The molecule has 4 rings (SSSR count). The molecule has 2 N–H and O–H groups in total. The third-order valence-corrected chi connectivity index (χ3v) is 6.57. The minimum atomic E-state index is -4.26. The van der Waals surface area contributed by atoms with Crippen molar-refractivity contribution in [3.05, 3.63) is 64.7 Å². The molecular weight excluding hydrogens is 456 g/mol. The number of nitrogens with zero attached hydrogens (tertiary/aromatic N) is 1. The molecule has 2 aliphatic heterocycles. The molecule has 0 spiro atoms. The van der Waals surface area contributed by atoms with Gasteiger partial charge in [0.15, 0.2) is 0 Å². The van der Waals surface area contributed by atoms with E-state index in [1.54, 1.807) is 0 Å². The van der Waals surface area contributed by atoms with Crippen LogP contribution in [-0.4, -0.2) is 39.9 Å². The second-order valence-corrected chi connectivity index (χ2v) is 8.79. The molecule has 2 fully saturated rings. The predicted octanol–water partition coefficient (Wildman–Crippen LogP) is 4.47. The lowest BCUT2D eigenvalue weighted by atomic mass is 9.90. The third kappa shape index (κ3) is 4.24. The Balaban J connectivity index is 1.58. The Bertz CT molecular complexity index is 1160. The van der Waals surface area contributed by atoms with Crippen LogP contribution >= 0.6 is 0 Å². The third-order valence-electron chi connectivity index (χ3n) is 6.57. The summed E-state index contributed by atoms with van der Waals surface area (Å²) in [6.45, 7) is 1.49. The minimum Gasteiger partial charge on any atom is -0.481 e. The highest BCUT2D eigenvalue weighted by Crippen LogP contribution is 2.43. The number of alkyl halides is 2. The topological polar surface area (TPSA) is 86.7 Å². The summed E-state index contributed by atoms with van der Waals surface area (Å²) in [5, 5.41) is 11.7. The first kappa shape index (κ1) is 23.7. The lowest BCUT2D eigenvalue weighted by Crippen LogP contribution is -2.52. The molecule has 0 aliphatic carbocycles. The van der Waals surface area contributed by atoms with Crippen molar-refractivity contribution in [2.75, 3.05) is 5.32 Å². The largest absolute Gasteiger partial charge is 0.481 e. The quantitative estimate of drug-likeness (QED) is 0.621. The summed E-state index contributed by atoms with van der Waals surface area (Å²) >= 11 is 0. The van der Waals surface area contributed by atoms with Crippen LogP contribution in [0.2, 0.25) is 0 Å². The zero-order valence-corrected chi connectivity index (χ0v) is 18.2. The summed E-state index contributed by atoms with van der Waals surface area (Å²) in [5.41, 5.74) is -1.06. The number of carboxylic acids is 1. The van der Waals surface area contributed by atoms with Gasteiger partial charge in [-0.05, 0) is 74.6 Å². The Kier molecular flexibility index (Phi) is 6.09. The van der Waals surface area contributed by atoms with Gasteiger partial charge in [0.25, 0.3) is 11.8 Å². The molecule has 0 radical (unpaired) electrons. The Hall–Kier alpha value is -3.43. The molecule has 2 aromatic carbocycles. The normalized spacial score (nSPS) is 21.9. The smallest absolute Gasteiger partial charge is 0.352 e. The molecule has 2 saturated heterocycles. The molecule has 2 aliphatic rings. The summed E-state index contributed by atoms with van der Waals surface area (Å²) < 4.78 is 58.4. The van der Waals surface area contributed by atoms with Crippen molar-refractivity contribution in [2.45, 2.75) is 50.6 Å². The van der Waals surface area contributed by atoms with Gasteiger partial charge >= 0.3 is 11.9 Å². The molecule has 34 heavy (non-hydrogen) atoms. The fourth-order valence-electron chi connectivity index (χ4n) is 4.82. The molecule has 6 nitrogen and oxygen atoms in total. The van der Waals surface area contributed by atoms with Crippen molar-refractivity contribution in [1.82, 2.24) is 4.90 Å². The van der Waals surface area contributed by atoms with Gasteiger partial charge in [-0.3, -0.25) is 14.4 Å². The molecule has 2 bridgehead atoms. The first-order valence-electron chi connectivity index (χ1n) is 10.8. The van der Waals surface area contributed by atoms with Gasteiger partial charge in [0.2, 0.25) is 0 Å². The Morgan fingerprint density at radius 1 is 1.00 bits per heavy atom. The van der Waals surface area contributed by atoms with E-state index in [2.05, 4.69) is 5.32 Å². The fourth-order valence-corrected chi connectivity index (χ4v) is 4.82. The standard InChI is InChI=1S/C24H22F4N2O4/c1-12-8-15(3-7-19(12)25)29-21(31)13-2-6-20(26)18(11-13)24(27,28)23(34)30-16-4-5-17(30)10-14(9-16)22(32)33/h2-3,6-8,11,14,16-17H,4-5,9-10H2,1H3,(H,29,31)(H,32,33)/t14?,16-,17+. The summed E-state index contributed by atoms with van der Waals surface area (Å²) in [7, 11) is 0. The number of piperidine rings is 1. The number of amides is 2. The van der Waals surface area contributed by atoms with Gasteiger partial charge in [0, 0.05) is 23.3 Å². The van der Waals surface area contributed by atoms with E-state index in [9.17, 15) is 28.3 Å². The van der Waals surface area contributed by atoms with Crippen molar-refractivity contribution in [3.8, 4) is 0 Å². The van der Waals surface area contributed by atoms with E-state index in [1.165, 1.54) is 19.1 Å². The zero-order chi connectivity index (χ0) is 24.8. The lowest BCUT2D eigenvalue weighted by Gasteiger charge is -2.39. The van der Waals surface area contributed by atoms with Crippen LogP contribution in [0, 0.1) is 24.5 Å². The number of carboxylic acid groups (broad SMARTS) is 1. The van der Waals surface area contributed by atoms with E-state index in [0.29, 0.717) is 25.0 Å². The van der Waals surface area contributed by atoms with Gasteiger partial charge < -0.3 is 15.3 Å². The van der Waals surface area contributed by atoms with Crippen molar-refractivity contribution < 1.29 is 37.1 Å². The molecule has 2 amide bonds. The number of rotatable bonds is 5. The van der Waals surface area contributed by atoms with E-state index >= 15 is 8.78 Å². The van der Waals surface area contributed by atoms with Gasteiger partial charge in [-0.2, -0.15) is 8.78 Å². The first-order chi connectivity index (χ1) is 16.0. The first-order valence-corrected chi connectivity index (χ1v) is 10.8. The summed E-state index contributed by atoms with van der Waals surface area (Å²) in [6, 6.07) is 4.79. The van der Waals surface area contributed by atoms with E-state index in [1.807, 2.05) is 0 Å². The van der Waals surface area contributed by atoms with Crippen LogP contribution in [0.1, 0.15) is 47.2 Å². The highest BCUT2D eigenvalue weighted by Gasteiger charge is 2.54. The summed E-state index contributed by atoms with van der Waals surface area (Å²) in [6.07, 6.45) is 0.932. The molecule has 3 atom stereocenters. The van der Waals surface area contributed by atoms with Gasteiger partial charge in [-0.25, -0.2) is 8.78 Å². The van der Waals surface area contributed by atoms with Crippen molar-refractivity contribution >= 4 is 23.5 Å². The number of hydrogen-bond acceptors (Lipinski definition) is 3. The number of aryl methyl sites for hydroxylation is 1. The second kappa shape index (κ2) is 8.73. The number of benzene rings is 2. The molecule has 180 valence electrons. The molecule has 1 unspecified atom stereocenters. The van der Waals surface area contributed by atoms with Crippen LogP contribution in [0.5, 0.6) is 0 Å². The van der Waals surface area contributed by atoms with Crippen LogP contribution in [0.4, 0.5) is 23.2 Å². The number of carbonyl (C=O) groups is 3. The van der Waals surface area contributed by atoms with Crippen molar-refractivity contribution in [3.63, 3.8) is 0 Å². The number of halogens is 4. The Morgan fingerprint density at radius 2 is 1.62 bits per heavy atom. The van der Waals surface area contributed by atoms with E-state index in [4.69, 9.17) is 0 Å². The maximum absolute atomic E-state index is 15.3. The number of aliphatic carboxylic acids is 1. The lowest BCUT2D eigenvalue weighted by molar-refractivity contribution is -0.167. The van der Waals surface area contributed by atoms with E-state index in [-0.39, 0.29) is 29.7 Å². The van der Waals surface area contributed by atoms with Crippen LogP contribution < -0.4 is 5.32 Å². The Labute approximate surface area is 192 Å². The van der Waals surface area contributed by atoms with Gasteiger partial charge in [-0.15, -0.1) is 0 Å². The second-order valence-electron chi connectivity index (χ2n) is 8.79. The molecule has 2 aromatic rings. The maximum atomic E-state index is 15.3. The zero-order valence-electron chi connectivity index (χ0n) is 18.2. The summed E-state index contributed by atoms with van der Waals surface area (Å²) in [4.78, 5) is 37.8. The molecule has 10 heteroatoms. The van der Waals surface area contributed by atoms with Crippen molar-refractivity contribution in [1.29, 1.82) is 0 Å². The highest BCUT2D eigenvalue weighted by atomic mass is 19.3. The average molecular weight is 478 g/mol. The van der Waals surface area contributed by atoms with Crippen LogP contribution in [-0.2, 0) is 15.5 Å². The van der Waals surface area contributed by atoms with Gasteiger partial charge in [0.1, 0.15) is 11.6 Å². The molecule has 0 aromatic heterocycles. The Morgan fingerprint density at radius 3 is 2.21 bits per heavy atom. The van der Waals surface area contributed by atoms with Crippen molar-refractivity contribution in [2.24, 2.45) is 5.92 Å². The maximum Gasteiger partial charge on any atom is 0.352 e. The molecule has 2 heterocycles. The number of anilines is 1. The van der Waals surface area contributed by atoms with Crippen LogP contribution in [0.15, 0.2) is 36.4 Å². The van der Waals surface area contributed by atoms with Crippen LogP contribution in [0.3, 0.4) is 0 Å². The average Bonchev–Trinajstić information content (AvgIpc) is 3.04. The predicted molar refractivity (Wildman–Crippen MR) is 113 cm³/mol. The number of fused-ring (bicyclic) bond motifs is 2. The summed E-state index contributed by atoms with van der Waals surface area (Å²) in [5.74, 6) is -10.3. The number of hydrogen-bond donors (Lipinski definition) is 2. The minimum absolute atomic E-state index is 0.0651.